The molecule has 2 atom stereocenters. The molecule has 1 aromatic carbocycles. The lowest BCUT2D eigenvalue weighted by Crippen LogP contribution is -2.25. The first kappa shape index (κ1) is 13.2. The van der Waals surface area contributed by atoms with E-state index in [-0.39, 0.29) is 0 Å². The van der Waals surface area contributed by atoms with E-state index in [0.717, 1.165) is 29.9 Å². The zero-order valence-electron chi connectivity index (χ0n) is 11.9. The predicted molar refractivity (Wildman–Crippen MR) is 77.4 cm³/mol. The van der Waals surface area contributed by atoms with Crippen LogP contribution in [0.25, 0.3) is 5.69 Å². The lowest BCUT2D eigenvalue weighted by molar-refractivity contribution is 0.389. The van der Waals surface area contributed by atoms with Gasteiger partial charge in [0.25, 0.3) is 0 Å². The molecule has 0 aliphatic heterocycles. The summed E-state index contributed by atoms with van der Waals surface area (Å²) in [7, 11) is 0. The Bertz CT molecular complexity index is 536. The van der Waals surface area contributed by atoms with Crippen LogP contribution in [0.4, 0.5) is 0 Å². The number of aromatic nitrogens is 4. The van der Waals surface area contributed by atoms with E-state index in [1.807, 2.05) is 30.3 Å². The standard InChI is InChI=1S/C15H21N5/c1-12-6-5-7-13(12)10-16-11-15-17-18-19-20(15)14-8-3-2-4-9-14/h2-4,8-9,12-13,16H,5-7,10-11H2,1H3. The molecular formula is C15H21N5. The van der Waals surface area contributed by atoms with Crippen molar-refractivity contribution < 1.29 is 0 Å². The van der Waals surface area contributed by atoms with Crippen molar-refractivity contribution in [3.63, 3.8) is 0 Å². The maximum Gasteiger partial charge on any atom is 0.170 e. The highest BCUT2D eigenvalue weighted by Crippen LogP contribution is 2.30. The second kappa shape index (κ2) is 6.13. The van der Waals surface area contributed by atoms with Gasteiger partial charge in [-0.3, -0.25) is 0 Å². The predicted octanol–water partition coefficient (Wildman–Crippen LogP) is 2.19. The summed E-state index contributed by atoms with van der Waals surface area (Å²) in [5.74, 6) is 2.51. The molecule has 1 saturated carbocycles. The first-order valence-electron chi connectivity index (χ1n) is 7.38. The van der Waals surface area contributed by atoms with Gasteiger partial charge in [-0.05, 0) is 47.4 Å². The minimum Gasteiger partial charge on any atom is -0.309 e. The van der Waals surface area contributed by atoms with Crippen molar-refractivity contribution in [1.82, 2.24) is 25.5 Å². The van der Waals surface area contributed by atoms with Crippen LogP contribution in [0.5, 0.6) is 0 Å². The lowest BCUT2D eigenvalue weighted by Gasteiger charge is -2.15. The molecular weight excluding hydrogens is 250 g/mol. The number of hydrogen-bond donors (Lipinski definition) is 1. The molecule has 0 spiro atoms. The number of benzene rings is 1. The van der Waals surface area contributed by atoms with Gasteiger partial charge in [0.15, 0.2) is 5.82 Å². The van der Waals surface area contributed by atoms with E-state index in [9.17, 15) is 0 Å². The maximum absolute atomic E-state index is 4.12. The minimum atomic E-state index is 0.713. The Labute approximate surface area is 119 Å². The fourth-order valence-corrected chi connectivity index (χ4v) is 2.98. The van der Waals surface area contributed by atoms with Gasteiger partial charge in [-0.25, -0.2) is 0 Å². The molecule has 1 aromatic heterocycles. The van der Waals surface area contributed by atoms with Crippen LogP contribution in [0.1, 0.15) is 32.0 Å². The molecule has 0 bridgehead atoms. The van der Waals surface area contributed by atoms with Crippen LogP contribution >= 0.6 is 0 Å². The van der Waals surface area contributed by atoms with E-state index < -0.39 is 0 Å². The van der Waals surface area contributed by atoms with Crippen molar-refractivity contribution >= 4 is 0 Å². The first-order chi connectivity index (χ1) is 9.84. The van der Waals surface area contributed by atoms with Crippen molar-refractivity contribution in [2.75, 3.05) is 6.54 Å². The van der Waals surface area contributed by atoms with Crippen LogP contribution in [-0.2, 0) is 6.54 Å². The zero-order valence-corrected chi connectivity index (χ0v) is 11.9. The van der Waals surface area contributed by atoms with E-state index in [1.54, 1.807) is 4.68 Å². The van der Waals surface area contributed by atoms with Crippen LogP contribution in [0, 0.1) is 11.8 Å². The summed E-state index contributed by atoms with van der Waals surface area (Å²) in [5.41, 5.74) is 1.00. The molecule has 0 radical (unpaired) electrons. The Balaban J connectivity index is 1.60. The molecule has 5 heteroatoms. The molecule has 1 N–H and O–H groups in total. The Morgan fingerprint density at radius 1 is 1.25 bits per heavy atom. The first-order valence-corrected chi connectivity index (χ1v) is 7.38. The SMILES string of the molecule is CC1CCCC1CNCc1nnnn1-c1ccccc1. The van der Waals surface area contributed by atoms with Crippen LogP contribution in [0.3, 0.4) is 0 Å². The molecule has 0 saturated heterocycles. The lowest BCUT2D eigenvalue weighted by atomic mass is 9.98. The van der Waals surface area contributed by atoms with Gasteiger partial charge in [-0.2, -0.15) is 4.68 Å². The quantitative estimate of drug-likeness (QED) is 0.905. The smallest absolute Gasteiger partial charge is 0.170 e. The van der Waals surface area contributed by atoms with Gasteiger partial charge >= 0.3 is 0 Å². The van der Waals surface area contributed by atoms with E-state index in [2.05, 4.69) is 27.8 Å². The third kappa shape index (κ3) is 2.88. The van der Waals surface area contributed by atoms with Gasteiger partial charge in [0, 0.05) is 0 Å². The summed E-state index contributed by atoms with van der Waals surface area (Å²) in [6.45, 7) is 4.13. The molecule has 2 unspecified atom stereocenters. The fourth-order valence-electron chi connectivity index (χ4n) is 2.98. The fraction of sp³-hybridized carbons (Fsp3) is 0.533. The monoisotopic (exact) mass is 271 g/mol. The third-order valence-electron chi connectivity index (χ3n) is 4.26. The van der Waals surface area contributed by atoms with Gasteiger partial charge in [0.1, 0.15) is 0 Å². The third-order valence-corrected chi connectivity index (χ3v) is 4.26. The molecule has 0 amide bonds. The van der Waals surface area contributed by atoms with Crippen molar-refractivity contribution in [2.24, 2.45) is 11.8 Å². The van der Waals surface area contributed by atoms with Gasteiger partial charge in [-0.15, -0.1) is 5.10 Å². The average molecular weight is 271 g/mol. The largest absolute Gasteiger partial charge is 0.309 e. The molecule has 106 valence electrons. The number of nitrogens with zero attached hydrogens (tertiary/aromatic N) is 4. The van der Waals surface area contributed by atoms with E-state index in [1.165, 1.54) is 19.3 Å². The van der Waals surface area contributed by atoms with E-state index in [0.29, 0.717) is 6.54 Å². The molecule has 3 rings (SSSR count). The summed E-state index contributed by atoms with van der Waals surface area (Å²) in [6, 6.07) is 10.0. The highest BCUT2D eigenvalue weighted by atomic mass is 15.5. The van der Waals surface area contributed by atoms with Crippen LogP contribution < -0.4 is 5.32 Å². The number of hydrogen-bond acceptors (Lipinski definition) is 4. The molecule has 20 heavy (non-hydrogen) atoms. The number of rotatable bonds is 5. The molecule has 1 aliphatic carbocycles. The van der Waals surface area contributed by atoms with Crippen LogP contribution in [0.2, 0.25) is 0 Å². The van der Waals surface area contributed by atoms with Crippen molar-refractivity contribution in [2.45, 2.75) is 32.7 Å². The Morgan fingerprint density at radius 3 is 2.85 bits per heavy atom. The Hall–Kier alpha value is -1.75. The normalized spacial score (nSPS) is 22.2. The molecule has 1 heterocycles. The summed E-state index contributed by atoms with van der Waals surface area (Å²) >= 11 is 0. The van der Waals surface area contributed by atoms with Crippen molar-refractivity contribution in [3.05, 3.63) is 36.2 Å². The second-order valence-corrected chi connectivity index (χ2v) is 5.64. The van der Waals surface area contributed by atoms with E-state index in [4.69, 9.17) is 0 Å². The Kier molecular flexibility index (Phi) is 4.06. The summed E-state index contributed by atoms with van der Waals surface area (Å²) < 4.78 is 1.80. The van der Waals surface area contributed by atoms with Gasteiger partial charge < -0.3 is 5.32 Å². The van der Waals surface area contributed by atoms with Crippen molar-refractivity contribution in [1.29, 1.82) is 0 Å². The minimum absolute atomic E-state index is 0.713. The van der Waals surface area contributed by atoms with Crippen LogP contribution in [-0.4, -0.2) is 26.8 Å². The highest BCUT2D eigenvalue weighted by molar-refractivity contribution is 5.30. The van der Waals surface area contributed by atoms with Gasteiger partial charge in [-0.1, -0.05) is 38.0 Å². The zero-order chi connectivity index (χ0) is 13.8. The van der Waals surface area contributed by atoms with Crippen LogP contribution in [0.15, 0.2) is 30.3 Å². The molecule has 1 aliphatic rings. The molecule has 5 nitrogen and oxygen atoms in total. The number of nitrogens with one attached hydrogen (secondary N) is 1. The van der Waals surface area contributed by atoms with Crippen molar-refractivity contribution in [3.8, 4) is 5.69 Å². The summed E-state index contributed by atoms with van der Waals surface area (Å²) in [6.07, 6.45) is 4.08. The molecule has 1 fully saturated rings. The number of para-hydroxylation sites is 1. The molecule has 2 aromatic rings. The summed E-state index contributed by atoms with van der Waals surface area (Å²) in [4.78, 5) is 0. The summed E-state index contributed by atoms with van der Waals surface area (Å²) in [5, 5.41) is 15.5. The topological polar surface area (TPSA) is 55.6 Å². The van der Waals surface area contributed by atoms with Gasteiger partial charge in [0.05, 0.1) is 12.2 Å². The maximum atomic E-state index is 4.12. The van der Waals surface area contributed by atoms with Gasteiger partial charge in [0.2, 0.25) is 0 Å². The number of tetrazole rings is 1. The second-order valence-electron chi connectivity index (χ2n) is 5.64. The Morgan fingerprint density at radius 2 is 2.10 bits per heavy atom. The average Bonchev–Trinajstić information content (AvgIpc) is 3.10. The highest BCUT2D eigenvalue weighted by Gasteiger charge is 2.22. The van der Waals surface area contributed by atoms with E-state index >= 15 is 0 Å².